The van der Waals surface area contributed by atoms with E-state index >= 15 is 0 Å². The number of ether oxygens (including phenoxy) is 1. The number of halogens is 3. The number of hydrogen-bond donors (Lipinski definition) is 1. The minimum absolute atomic E-state index is 0.131. The number of alkyl halides is 3. The van der Waals surface area contributed by atoms with Crippen LogP contribution >= 0.6 is 11.3 Å². The molecule has 0 aromatic carbocycles. The lowest BCUT2D eigenvalue weighted by molar-refractivity contribution is -0.173. The Labute approximate surface area is 122 Å². The van der Waals surface area contributed by atoms with Crippen LogP contribution in [0.3, 0.4) is 0 Å². The molecule has 0 saturated carbocycles. The number of rotatable bonds is 7. The van der Waals surface area contributed by atoms with Crippen molar-refractivity contribution in [3.8, 4) is 11.6 Å². The number of hydrogen-bond acceptors (Lipinski definition) is 7. The molecule has 0 bridgehead atoms. The van der Waals surface area contributed by atoms with Gasteiger partial charge in [-0.3, -0.25) is 0 Å². The van der Waals surface area contributed by atoms with Crippen LogP contribution in [0.4, 0.5) is 13.2 Å². The van der Waals surface area contributed by atoms with E-state index in [4.69, 9.17) is 10.3 Å². The average molecular weight is 322 g/mol. The van der Waals surface area contributed by atoms with Gasteiger partial charge in [-0.2, -0.15) is 18.2 Å². The second-order valence-corrected chi connectivity index (χ2v) is 5.04. The Balaban J connectivity index is 1.86. The molecule has 0 spiro atoms. The van der Waals surface area contributed by atoms with Crippen molar-refractivity contribution >= 4 is 11.3 Å². The molecule has 0 amide bonds. The lowest BCUT2D eigenvalue weighted by atomic mass is 10.4. The first kappa shape index (κ1) is 15.9. The van der Waals surface area contributed by atoms with E-state index in [0.717, 1.165) is 5.01 Å². The van der Waals surface area contributed by atoms with Crippen molar-refractivity contribution in [1.29, 1.82) is 0 Å². The lowest BCUT2D eigenvalue weighted by Crippen LogP contribution is -2.18. The van der Waals surface area contributed by atoms with Crippen molar-refractivity contribution in [2.75, 3.05) is 19.8 Å². The van der Waals surface area contributed by atoms with E-state index in [9.17, 15) is 13.2 Å². The third-order valence-electron chi connectivity index (χ3n) is 2.33. The molecule has 2 N–H and O–H groups in total. The maximum Gasteiger partial charge on any atom is 0.411 e. The quantitative estimate of drug-likeness (QED) is 0.782. The Hall–Kier alpha value is -1.52. The Morgan fingerprint density at radius 1 is 1.29 bits per heavy atom. The summed E-state index contributed by atoms with van der Waals surface area (Å²) in [6, 6.07) is 0. The number of aromatic nitrogens is 3. The van der Waals surface area contributed by atoms with Gasteiger partial charge in [-0.1, -0.05) is 5.16 Å². The Kier molecular flexibility index (Phi) is 5.26. The summed E-state index contributed by atoms with van der Waals surface area (Å²) in [4.78, 5) is 8.34. The summed E-state index contributed by atoms with van der Waals surface area (Å²) < 4.78 is 45.1. The SMILES string of the molecule is NCCc1nc(-c2nc(CCOCC(F)(F)F)no2)cs1. The van der Waals surface area contributed by atoms with Crippen molar-refractivity contribution in [1.82, 2.24) is 15.1 Å². The molecule has 2 aromatic rings. The highest BCUT2D eigenvalue weighted by Crippen LogP contribution is 2.20. The van der Waals surface area contributed by atoms with E-state index in [-0.39, 0.29) is 24.7 Å². The van der Waals surface area contributed by atoms with Gasteiger partial charge in [-0.25, -0.2) is 4.98 Å². The van der Waals surface area contributed by atoms with Crippen LogP contribution in [0.15, 0.2) is 9.90 Å². The van der Waals surface area contributed by atoms with Crippen molar-refractivity contribution < 1.29 is 22.4 Å². The summed E-state index contributed by atoms with van der Waals surface area (Å²) in [6.45, 7) is -0.918. The van der Waals surface area contributed by atoms with Crippen molar-refractivity contribution in [2.24, 2.45) is 5.73 Å². The summed E-state index contributed by atoms with van der Waals surface area (Å²) >= 11 is 1.43. The van der Waals surface area contributed by atoms with Crippen molar-refractivity contribution in [2.45, 2.75) is 19.0 Å². The van der Waals surface area contributed by atoms with Gasteiger partial charge in [0.1, 0.15) is 12.3 Å². The highest BCUT2D eigenvalue weighted by Gasteiger charge is 2.27. The van der Waals surface area contributed by atoms with Gasteiger partial charge in [0.15, 0.2) is 5.82 Å². The highest BCUT2D eigenvalue weighted by atomic mass is 32.1. The first-order valence-electron chi connectivity index (χ1n) is 6.10. The summed E-state index contributed by atoms with van der Waals surface area (Å²) in [7, 11) is 0. The molecule has 0 radical (unpaired) electrons. The largest absolute Gasteiger partial charge is 0.411 e. The first-order chi connectivity index (χ1) is 9.98. The molecule has 116 valence electrons. The van der Waals surface area contributed by atoms with Gasteiger partial charge >= 0.3 is 6.18 Å². The fraction of sp³-hybridized carbons (Fsp3) is 0.545. The molecule has 10 heteroatoms. The van der Waals surface area contributed by atoms with Gasteiger partial charge < -0.3 is 15.0 Å². The van der Waals surface area contributed by atoms with E-state index in [2.05, 4.69) is 19.9 Å². The molecular weight excluding hydrogens is 309 g/mol. The molecule has 2 rings (SSSR count). The van der Waals surface area contributed by atoms with Crippen LogP contribution in [0.5, 0.6) is 0 Å². The van der Waals surface area contributed by atoms with E-state index in [0.29, 0.717) is 18.7 Å². The minimum atomic E-state index is -4.33. The third-order valence-corrected chi connectivity index (χ3v) is 3.24. The van der Waals surface area contributed by atoms with E-state index in [1.54, 1.807) is 5.38 Å². The molecule has 0 aliphatic heterocycles. The standard InChI is InChI=1S/C11H13F3N4O2S/c12-11(13,14)6-19-4-2-8-17-10(20-18-8)7-5-21-9(16-7)1-3-15/h5H,1-4,6,15H2. The molecule has 0 aliphatic carbocycles. The van der Waals surface area contributed by atoms with Gasteiger partial charge in [0, 0.05) is 18.2 Å². The maximum absolute atomic E-state index is 11.9. The molecular formula is C11H13F3N4O2S. The van der Waals surface area contributed by atoms with Gasteiger partial charge in [0.05, 0.1) is 11.6 Å². The lowest BCUT2D eigenvalue weighted by Gasteiger charge is -2.05. The van der Waals surface area contributed by atoms with E-state index in [1.807, 2.05) is 0 Å². The molecule has 21 heavy (non-hydrogen) atoms. The third kappa shape index (κ3) is 5.06. The van der Waals surface area contributed by atoms with Gasteiger partial charge in [0.2, 0.25) is 0 Å². The zero-order valence-corrected chi connectivity index (χ0v) is 11.7. The molecule has 0 atom stereocenters. The van der Waals surface area contributed by atoms with Crippen molar-refractivity contribution in [3.05, 3.63) is 16.2 Å². The normalized spacial score (nSPS) is 12.0. The van der Waals surface area contributed by atoms with Gasteiger partial charge in [-0.15, -0.1) is 11.3 Å². The van der Waals surface area contributed by atoms with Crippen LogP contribution in [0.1, 0.15) is 10.8 Å². The zero-order chi connectivity index (χ0) is 15.3. The second-order valence-electron chi connectivity index (χ2n) is 4.10. The Morgan fingerprint density at radius 2 is 2.10 bits per heavy atom. The van der Waals surface area contributed by atoms with Crippen LogP contribution in [0.2, 0.25) is 0 Å². The minimum Gasteiger partial charge on any atom is -0.372 e. The fourth-order valence-electron chi connectivity index (χ4n) is 1.46. The van der Waals surface area contributed by atoms with Crippen LogP contribution < -0.4 is 5.73 Å². The zero-order valence-electron chi connectivity index (χ0n) is 10.9. The van der Waals surface area contributed by atoms with E-state index in [1.165, 1.54) is 11.3 Å². The maximum atomic E-state index is 11.9. The summed E-state index contributed by atoms with van der Waals surface area (Å²) in [5.74, 6) is 0.515. The fourth-order valence-corrected chi connectivity index (χ4v) is 2.25. The molecule has 0 unspecified atom stereocenters. The molecule has 2 aromatic heterocycles. The van der Waals surface area contributed by atoms with Crippen LogP contribution in [-0.4, -0.2) is 41.1 Å². The molecule has 0 saturated heterocycles. The van der Waals surface area contributed by atoms with E-state index < -0.39 is 12.8 Å². The molecule has 2 heterocycles. The van der Waals surface area contributed by atoms with Crippen LogP contribution in [0, 0.1) is 0 Å². The molecule has 6 nitrogen and oxygen atoms in total. The van der Waals surface area contributed by atoms with Gasteiger partial charge in [0.25, 0.3) is 5.89 Å². The summed E-state index contributed by atoms with van der Waals surface area (Å²) in [5.41, 5.74) is 5.97. The Bertz CT molecular complexity index is 570. The second kappa shape index (κ2) is 6.96. The highest BCUT2D eigenvalue weighted by molar-refractivity contribution is 7.09. The summed E-state index contributed by atoms with van der Waals surface area (Å²) in [6.07, 6.45) is -3.53. The summed E-state index contributed by atoms with van der Waals surface area (Å²) in [5, 5.41) is 6.30. The topological polar surface area (TPSA) is 87.1 Å². The average Bonchev–Trinajstić information content (AvgIpc) is 3.02. The molecule has 0 fully saturated rings. The number of nitrogens with two attached hydrogens (primary N) is 1. The Morgan fingerprint density at radius 3 is 2.81 bits per heavy atom. The van der Waals surface area contributed by atoms with Crippen LogP contribution in [-0.2, 0) is 17.6 Å². The number of thiazole rings is 1. The first-order valence-corrected chi connectivity index (χ1v) is 6.98. The molecule has 0 aliphatic rings. The van der Waals surface area contributed by atoms with Crippen LogP contribution in [0.25, 0.3) is 11.6 Å². The number of nitrogens with zero attached hydrogens (tertiary/aromatic N) is 3. The predicted octanol–water partition coefficient (Wildman–Crippen LogP) is 1.82. The smallest absolute Gasteiger partial charge is 0.372 e. The monoisotopic (exact) mass is 322 g/mol. The predicted molar refractivity (Wildman–Crippen MR) is 68.7 cm³/mol. The van der Waals surface area contributed by atoms with Crippen molar-refractivity contribution in [3.63, 3.8) is 0 Å². The van der Waals surface area contributed by atoms with Gasteiger partial charge in [-0.05, 0) is 6.54 Å².